The summed E-state index contributed by atoms with van der Waals surface area (Å²) < 4.78 is 0. The van der Waals surface area contributed by atoms with Gasteiger partial charge in [0.15, 0.2) is 0 Å². The number of amides is 1. The third-order valence-electron chi connectivity index (χ3n) is 2.78. The number of aryl methyl sites for hydroxylation is 1. The van der Waals surface area contributed by atoms with Crippen molar-refractivity contribution in [2.24, 2.45) is 11.8 Å². The number of thiophene rings is 1. The molecule has 1 amide bonds. The zero-order valence-electron chi connectivity index (χ0n) is 11.6. The largest absolute Gasteiger partial charge is 0.481 e. The van der Waals surface area contributed by atoms with Crippen LogP contribution in [0.25, 0.3) is 0 Å². The first-order valence-electron chi connectivity index (χ1n) is 6.45. The van der Waals surface area contributed by atoms with Gasteiger partial charge in [-0.15, -0.1) is 11.3 Å². The molecule has 0 spiro atoms. The Morgan fingerprint density at radius 2 is 2.05 bits per heavy atom. The molecule has 1 aromatic rings. The van der Waals surface area contributed by atoms with Crippen molar-refractivity contribution < 1.29 is 14.7 Å². The van der Waals surface area contributed by atoms with E-state index < -0.39 is 5.97 Å². The lowest BCUT2D eigenvalue weighted by Gasteiger charge is -2.17. The van der Waals surface area contributed by atoms with E-state index in [4.69, 9.17) is 5.11 Å². The smallest absolute Gasteiger partial charge is 0.303 e. The predicted molar refractivity (Wildman–Crippen MR) is 76.6 cm³/mol. The van der Waals surface area contributed by atoms with Crippen LogP contribution in [0, 0.1) is 18.8 Å². The molecule has 1 rings (SSSR count). The summed E-state index contributed by atoms with van der Waals surface area (Å²) in [5, 5.41) is 11.7. The van der Waals surface area contributed by atoms with Crippen LogP contribution in [0.15, 0.2) is 12.1 Å². The highest BCUT2D eigenvalue weighted by Crippen LogP contribution is 2.17. The Labute approximate surface area is 117 Å². The Balaban J connectivity index is 2.50. The van der Waals surface area contributed by atoms with Crippen LogP contribution in [-0.4, -0.2) is 23.5 Å². The second-order valence-electron chi connectivity index (χ2n) is 5.21. The highest BCUT2D eigenvalue weighted by Gasteiger charge is 2.17. The summed E-state index contributed by atoms with van der Waals surface area (Å²) >= 11 is 1.45. The summed E-state index contributed by atoms with van der Waals surface area (Å²) in [6.45, 7) is 6.48. The normalized spacial score (nSPS) is 12.4. The van der Waals surface area contributed by atoms with Crippen LogP contribution in [0.1, 0.15) is 41.2 Å². The van der Waals surface area contributed by atoms with Gasteiger partial charge in [0.2, 0.25) is 0 Å². The fraction of sp³-hybridized carbons (Fsp3) is 0.571. The number of carbonyl (C=O) groups excluding carboxylic acids is 1. The average Bonchev–Trinajstić information content (AvgIpc) is 2.71. The lowest BCUT2D eigenvalue weighted by Crippen LogP contribution is -2.30. The molecule has 106 valence electrons. The van der Waals surface area contributed by atoms with Crippen molar-refractivity contribution in [2.75, 3.05) is 6.54 Å². The van der Waals surface area contributed by atoms with E-state index in [0.717, 1.165) is 11.3 Å². The van der Waals surface area contributed by atoms with Gasteiger partial charge < -0.3 is 10.4 Å². The molecule has 5 heteroatoms. The van der Waals surface area contributed by atoms with E-state index in [1.165, 1.54) is 11.3 Å². The van der Waals surface area contributed by atoms with Crippen molar-refractivity contribution in [2.45, 2.75) is 33.6 Å². The molecule has 1 atom stereocenters. The Bertz CT molecular complexity index is 440. The zero-order valence-corrected chi connectivity index (χ0v) is 12.4. The molecular formula is C14H21NO3S. The molecule has 1 heterocycles. The maximum Gasteiger partial charge on any atom is 0.303 e. The number of carbonyl (C=O) groups is 2. The minimum Gasteiger partial charge on any atom is -0.481 e. The number of rotatable bonds is 7. The summed E-state index contributed by atoms with van der Waals surface area (Å²) in [5.74, 6) is -0.517. The van der Waals surface area contributed by atoms with E-state index in [1.807, 2.05) is 13.0 Å². The van der Waals surface area contributed by atoms with Gasteiger partial charge in [-0.2, -0.15) is 0 Å². The van der Waals surface area contributed by atoms with Gasteiger partial charge >= 0.3 is 5.97 Å². The minimum atomic E-state index is -0.813. The van der Waals surface area contributed by atoms with Crippen LogP contribution in [0.3, 0.4) is 0 Å². The molecule has 0 saturated heterocycles. The summed E-state index contributed by atoms with van der Waals surface area (Å²) in [5.41, 5.74) is 0. The van der Waals surface area contributed by atoms with Crippen LogP contribution in [0.5, 0.6) is 0 Å². The molecule has 0 saturated carbocycles. The fourth-order valence-electron chi connectivity index (χ4n) is 2.03. The Hall–Kier alpha value is -1.36. The second kappa shape index (κ2) is 7.28. The van der Waals surface area contributed by atoms with Gasteiger partial charge in [0.1, 0.15) is 0 Å². The van der Waals surface area contributed by atoms with Gasteiger partial charge in [-0.25, -0.2) is 0 Å². The SMILES string of the molecule is Cc1ccc(C(=O)NC[C@H](CC(=O)O)CC(C)C)s1. The minimum absolute atomic E-state index is 0.0116. The van der Waals surface area contributed by atoms with Gasteiger partial charge in [0, 0.05) is 17.8 Å². The third kappa shape index (κ3) is 5.87. The predicted octanol–water partition coefficient (Wildman–Crippen LogP) is 2.92. The Kier molecular flexibility index (Phi) is 6.02. The molecular weight excluding hydrogens is 262 g/mol. The Morgan fingerprint density at radius 3 is 2.53 bits per heavy atom. The molecule has 0 aromatic carbocycles. The third-order valence-corrected chi connectivity index (χ3v) is 3.78. The van der Waals surface area contributed by atoms with Crippen LogP contribution in [-0.2, 0) is 4.79 Å². The van der Waals surface area contributed by atoms with Crippen molar-refractivity contribution >= 4 is 23.2 Å². The first-order valence-corrected chi connectivity index (χ1v) is 7.26. The zero-order chi connectivity index (χ0) is 14.4. The summed E-state index contributed by atoms with van der Waals surface area (Å²) in [7, 11) is 0. The van der Waals surface area contributed by atoms with Crippen molar-refractivity contribution in [3.63, 3.8) is 0 Å². The first kappa shape index (κ1) is 15.7. The number of carboxylic acid groups (broad SMARTS) is 1. The molecule has 1 aromatic heterocycles. The van der Waals surface area contributed by atoms with Crippen LogP contribution >= 0.6 is 11.3 Å². The van der Waals surface area contributed by atoms with Gasteiger partial charge in [0.25, 0.3) is 5.91 Å². The average molecular weight is 283 g/mol. The molecule has 0 radical (unpaired) electrons. The van der Waals surface area contributed by atoms with E-state index >= 15 is 0 Å². The summed E-state index contributed by atoms with van der Waals surface area (Å²) in [6, 6.07) is 3.70. The molecule has 19 heavy (non-hydrogen) atoms. The second-order valence-corrected chi connectivity index (χ2v) is 6.50. The quantitative estimate of drug-likeness (QED) is 0.808. The monoisotopic (exact) mass is 283 g/mol. The maximum absolute atomic E-state index is 11.9. The molecule has 0 bridgehead atoms. The van der Waals surface area contributed by atoms with Crippen LogP contribution in [0.2, 0.25) is 0 Å². The van der Waals surface area contributed by atoms with Gasteiger partial charge in [-0.05, 0) is 37.3 Å². The van der Waals surface area contributed by atoms with Crippen molar-refractivity contribution in [1.82, 2.24) is 5.32 Å². The first-order chi connectivity index (χ1) is 8.88. The molecule has 0 aliphatic carbocycles. The molecule has 0 aliphatic heterocycles. The van der Waals surface area contributed by atoms with E-state index in [2.05, 4.69) is 19.2 Å². The lowest BCUT2D eigenvalue weighted by molar-refractivity contribution is -0.138. The van der Waals surface area contributed by atoms with E-state index in [1.54, 1.807) is 6.07 Å². The van der Waals surface area contributed by atoms with Gasteiger partial charge in [0.05, 0.1) is 4.88 Å². The highest BCUT2D eigenvalue weighted by molar-refractivity contribution is 7.13. The van der Waals surface area contributed by atoms with Crippen molar-refractivity contribution in [1.29, 1.82) is 0 Å². The molecule has 0 aliphatic rings. The van der Waals surface area contributed by atoms with E-state index in [-0.39, 0.29) is 18.2 Å². The lowest BCUT2D eigenvalue weighted by atomic mass is 9.94. The van der Waals surface area contributed by atoms with Crippen LogP contribution in [0.4, 0.5) is 0 Å². The van der Waals surface area contributed by atoms with Crippen molar-refractivity contribution in [3.05, 3.63) is 21.9 Å². The highest BCUT2D eigenvalue weighted by atomic mass is 32.1. The van der Waals surface area contributed by atoms with E-state index in [9.17, 15) is 9.59 Å². The Morgan fingerprint density at radius 1 is 1.37 bits per heavy atom. The number of carboxylic acids is 1. The van der Waals surface area contributed by atoms with Crippen LogP contribution < -0.4 is 5.32 Å². The van der Waals surface area contributed by atoms with Gasteiger partial charge in [-0.3, -0.25) is 9.59 Å². The number of nitrogens with one attached hydrogen (secondary N) is 1. The number of hydrogen-bond acceptors (Lipinski definition) is 3. The summed E-state index contributed by atoms with van der Waals surface area (Å²) in [6.07, 6.45) is 0.901. The van der Waals surface area contributed by atoms with Gasteiger partial charge in [-0.1, -0.05) is 13.8 Å². The molecule has 2 N–H and O–H groups in total. The molecule has 0 fully saturated rings. The van der Waals surface area contributed by atoms with Crippen molar-refractivity contribution in [3.8, 4) is 0 Å². The molecule has 4 nitrogen and oxygen atoms in total. The topological polar surface area (TPSA) is 66.4 Å². The standard InChI is InChI=1S/C14H21NO3S/c1-9(2)6-11(7-13(16)17)8-15-14(18)12-5-4-10(3)19-12/h4-5,9,11H,6-8H2,1-3H3,(H,15,18)(H,16,17)/t11-/m0/s1. The van der Waals surface area contributed by atoms with E-state index in [0.29, 0.717) is 17.3 Å². The summed E-state index contributed by atoms with van der Waals surface area (Å²) in [4.78, 5) is 24.5. The maximum atomic E-state index is 11.9. The number of hydrogen-bond donors (Lipinski definition) is 2. The fourth-order valence-corrected chi connectivity index (χ4v) is 2.82. The molecule has 0 unspecified atom stereocenters. The number of aliphatic carboxylic acids is 1.